The molecule has 0 unspecified atom stereocenters. The van der Waals surface area contributed by atoms with Gasteiger partial charge in [0.2, 0.25) is 0 Å². The Labute approximate surface area is 179 Å². The number of carbonyl (C=O) groups excluding carboxylic acids is 4. The van der Waals surface area contributed by atoms with Crippen molar-refractivity contribution in [1.29, 1.82) is 0 Å². The third-order valence-electron chi connectivity index (χ3n) is 4.21. The molecule has 1 saturated heterocycles. The van der Waals surface area contributed by atoms with Crippen LogP contribution in [0.15, 0.2) is 30.3 Å². The maximum Gasteiger partial charge on any atom is 0.303 e. The van der Waals surface area contributed by atoms with Crippen molar-refractivity contribution in [2.45, 2.75) is 65.0 Å². The largest absolute Gasteiger partial charge is 0.463 e. The highest BCUT2D eigenvalue weighted by Gasteiger charge is 2.52. The van der Waals surface area contributed by atoms with Gasteiger partial charge in [-0.05, 0) is 5.56 Å². The fraction of sp³-hybridized carbons (Fsp3) is 0.524. The molecule has 0 amide bonds. The number of esters is 4. The van der Waals surface area contributed by atoms with Crippen molar-refractivity contribution in [3.8, 4) is 0 Å². The first-order valence-electron chi connectivity index (χ1n) is 9.63. The van der Waals surface area contributed by atoms with E-state index in [1.54, 1.807) is 0 Å². The second kappa shape index (κ2) is 11.4. The van der Waals surface area contributed by atoms with Crippen molar-refractivity contribution in [2.75, 3.05) is 6.61 Å². The summed E-state index contributed by atoms with van der Waals surface area (Å²) in [5, 5.41) is 0. The van der Waals surface area contributed by atoms with Crippen LogP contribution in [0.5, 0.6) is 0 Å². The lowest BCUT2D eigenvalue weighted by molar-refractivity contribution is -0.310. The smallest absolute Gasteiger partial charge is 0.303 e. The molecule has 0 spiro atoms. The fourth-order valence-electron chi connectivity index (χ4n) is 3.08. The van der Waals surface area contributed by atoms with Gasteiger partial charge in [-0.25, -0.2) is 0 Å². The predicted molar refractivity (Wildman–Crippen MR) is 103 cm³/mol. The Hall–Kier alpha value is -2.98. The molecule has 1 heterocycles. The zero-order valence-corrected chi connectivity index (χ0v) is 17.8. The summed E-state index contributed by atoms with van der Waals surface area (Å²) in [5.41, 5.74) is 0.815. The van der Waals surface area contributed by atoms with E-state index in [1.165, 1.54) is 13.8 Å². The topological polar surface area (TPSA) is 124 Å². The highest BCUT2D eigenvalue weighted by atomic mass is 16.7. The van der Waals surface area contributed by atoms with E-state index in [0.29, 0.717) is 0 Å². The fourth-order valence-corrected chi connectivity index (χ4v) is 3.08. The molecule has 1 aromatic rings. The van der Waals surface area contributed by atoms with Gasteiger partial charge in [0.05, 0.1) is 6.61 Å². The molecular weight excluding hydrogens is 412 g/mol. The third-order valence-corrected chi connectivity index (χ3v) is 4.21. The molecule has 0 aromatic heterocycles. The van der Waals surface area contributed by atoms with E-state index in [-0.39, 0.29) is 13.2 Å². The van der Waals surface area contributed by atoms with Gasteiger partial charge in [0.1, 0.15) is 12.7 Å². The van der Waals surface area contributed by atoms with Gasteiger partial charge in [-0.2, -0.15) is 0 Å². The summed E-state index contributed by atoms with van der Waals surface area (Å²) in [6.07, 6.45) is -5.92. The molecule has 1 aliphatic heterocycles. The van der Waals surface area contributed by atoms with Crippen LogP contribution in [0.1, 0.15) is 33.3 Å². The van der Waals surface area contributed by atoms with Crippen LogP contribution in [0.2, 0.25) is 0 Å². The first-order valence-corrected chi connectivity index (χ1v) is 9.63. The van der Waals surface area contributed by atoms with Crippen LogP contribution in [0.25, 0.3) is 0 Å². The predicted octanol–water partition coefficient (Wildman–Crippen LogP) is 1.29. The molecule has 0 radical (unpaired) electrons. The lowest BCUT2D eigenvalue weighted by Gasteiger charge is -2.44. The number of benzene rings is 1. The lowest BCUT2D eigenvalue weighted by Crippen LogP contribution is -2.62. The van der Waals surface area contributed by atoms with Gasteiger partial charge in [0.15, 0.2) is 24.6 Å². The third kappa shape index (κ3) is 7.65. The minimum atomic E-state index is -1.25. The van der Waals surface area contributed by atoms with Crippen LogP contribution in [0, 0.1) is 0 Å². The van der Waals surface area contributed by atoms with E-state index in [4.69, 9.17) is 28.4 Å². The monoisotopic (exact) mass is 438 g/mol. The Kier molecular flexibility index (Phi) is 8.95. The molecule has 0 saturated carbocycles. The van der Waals surface area contributed by atoms with Crippen LogP contribution in [-0.4, -0.2) is 61.2 Å². The molecule has 1 aliphatic rings. The number of carbonyl (C=O) groups is 4. The summed E-state index contributed by atoms with van der Waals surface area (Å²) in [6, 6.07) is 9.14. The molecule has 1 aromatic carbocycles. The summed E-state index contributed by atoms with van der Waals surface area (Å²) >= 11 is 0. The Morgan fingerprint density at radius 2 is 1.32 bits per heavy atom. The average Bonchev–Trinajstić information content (AvgIpc) is 2.68. The van der Waals surface area contributed by atoms with Gasteiger partial charge >= 0.3 is 23.9 Å². The molecule has 0 bridgehead atoms. The SMILES string of the molecule is CC(=O)OC[C@@H]1O[C@@H](OCc2ccccc2)[C@H](OC(C)=O)[C@@H](OC(C)=O)[C@@H]1OC(C)=O. The van der Waals surface area contributed by atoms with Gasteiger partial charge in [-0.3, -0.25) is 19.2 Å². The standard InChI is InChI=1S/C21H26O10/c1-12(22)26-11-17-18(28-13(2)23)19(29-14(3)24)20(30-15(4)25)21(31-17)27-10-16-8-6-5-7-9-16/h5-9,17-21H,10-11H2,1-4H3/t17-,18+,19-,20+,21+/m0/s1. The number of rotatable bonds is 8. The first-order chi connectivity index (χ1) is 14.7. The maximum absolute atomic E-state index is 11.8. The molecule has 10 nitrogen and oxygen atoms in total. The van der Waals surface area contributed by atoms with Crippen molar-refractivity contribution in [1.82, 2.24) is 0 Å². The van der Waals surface area contributed by atoms with E-state index in [1.807, 2.05) is 30.3 Å². The number of hydrogen-bond donors (Lipinski definition) is 0. The van der Waals surface area contributed by atoms with Crippen LogP contribution >= 0.6 is 0 Å². The quantitative estimate of drug-likeness (QED) is 0.433. The van der Waals surface area contributed by atoms with Crippen molar-refractivity contribution in [3.63, 3.8) is 0 Å². The molecule has 1 fully saturated rings. The number of hydrogen-bond acceptors (Lipinski definition) is 10. The van der Waals surface area contributed by atoms with E-state index in [0.717, 1.165) is 19.4 Å². The summed E-state index contributed by atoms with van der Waals surface area (Å²) in [4.78, 5) is 46.5. The Morgan fingerprint density at radius 3 is 1.87 bits per heavy atom. The molecule has 0 aliphatic carbocycles. The minimum absolute atomic E-state index is 0.0918. The molecule has 170 valence electrons. The van der Waals surface area contributed by atoms with Gasteiger partial charge in [-0.15, -0.1) is 0 Å². The Balaban J connectivity index is 2.35. The van der Waals surface area contributed by atoms with E-state index in [9.17, 15) is 19.2 Å². The molecule has 10 heteroatoms. The van der Waals surface area contributed by atoms with Crippen LogP contribution in [-0.2, 0) is 54.2 Å². The zero-order chi connectivity index (χ0) is 23.0. The van der Waals surface area contributed by atoms with Gasteiger partial charge in [0, 0.05) is 27.7 Å². The van der Waals surface area contributed by atoms with Gasteiger partial charge in [-0.1, -0.05) is 30.3 Å². The molecular formula is C21H26O10. The van der Waals surface area contributed by atoms with Crippen LogP contribution < -0.4 is 0 Å². The van der Waals surface area contributed by atoms with E-state index < -0.39 is 54.6 Å². The highest BCUT2D eigenvalue weighted by Crippen LogP contribution is 2.30. The van der Waals surface area contributed by atoms with Crippen molar-refractivity contribution in [3.05, 3.63) is 35.9 Å². The summed E-state index contributed by atoms with van der Waals surface area (Å²) in [5.74, 6) is -2.66. The van der Waals surface area contributed by atoms with Crippen molar-refractivity contribution < 1.29 is 47.6 Å². The maximum atomic E-state index is 11.8. The summed E-state index contributed by atoms with van der Waals surface area (Å²) in [7, 11) is 0. The van der Waals surface area contributed by atoms with Crippen molar-refractivity contribution in [2.24, 2.45) is 0 Å². The first kappa shape index (κ1) is 24.3. The second-order valence-electron chi connectivity index (χ2n) is 6.86. The lowest BCUT2D eigenvalue weighted by atomic mass is 9.98. The molecule has 31 heavy (non-hydrogen) atoms. The molecule has 0 N–H and O–H groups in total. The Bertz CT molecular complexity index is 778. The number of ether oxygens (including phenoxy) is 6. The van der Waals surface area contributed by atoms with E-state index >= 15 is 0 Å². The van der Waals surface area contributed by atoms with Crippen LogP contribution in [0.3, 0.4) is 0 Å². The molecule has 5 atom stereocenters. The second-order valence-corrected chi connectivity index (χ2v) is 6.86. The summed E-state index contributed by atoms with van der Waals surface area (Å²) < 4.78 is 32.6. The highest BCUT2D eigenvalue weighted by molar-refractivity contribution is 5.68. The van der Waals surface area contributed by atoms with Crippen LogP contribution in [0.4, 0.5) is 0 Å². The van der Waals surface area contributed by atoms with Crippen molar-refractivity contribution >= 4 is 23.9 Å². The zero-order valence-electron chi connectivity index (χ0n) is 17.8. The summed E-state index contributed by atoms with van der Waals surface area (Å²) in [6.45, 7) is 4.49. The average molecular weight is 438 g/mol. The van der Waals surface area contributed by atoms with Gasteiger partial charge in [0.25, 0.3) is 0 Å². The molecule has 2 rings (SSSR count). The van der Waals surface area contributed by atoms with E-state index in [2.05, 4.69) is 0 Å². The normalized spacial score (nSPS) is 25.2. The van der Waals surface area contributed by atoms with Gasteiger partial charge < -0.3 is 28.4 Å². The minimum Gasteiger partial charge on any atom is -0.463 e. The Morgan fingerprint density at radius 1 is 0.774 bits per heavy atom.